The van der Waals surface area contributed by atoms with E-state index in [9.17, 15) is 5.11 Å². The lowest BCUT2D eigenvalue weighted by Crippen LogP contribution is -2.11. The standard InChI is InChI=1S/C11H20OS/c1-4-6-7-8-11(12)9-13-10(3)5-2/h1,10-12H,5-9H2,2-3H3. The Kier molecular flexibility index (Phi) is 8.38. The Morgan fingerprint density at radius 3 is 2.77 bits per heavy atom. The number of hydrogen-bond acceptors (Lipinski definition) is 2. The molecule has 0 fully saturated rings. The van der Waals surface area contributed by atoms with Crippen molar-refractivity contribution in [3.8, 4) is 12.3 Å². The molecule has 0 bridgehead atoms. The molecule has 0 saturated carbocycles. The molecule has 0 aromatic heterocycles. The van der Waals surface area contributed by atoms with Gasteiger partial charge in [0.25, 0.3) is 0 Å². The highest BCUT2D eigenvalue weighted by molar-refractivity contribution is 7.99. The van der Waals surface area contributed by atoms with Crippen LogP contribution in [0.5, 0.6) is 0 Å². The molecule has 0 aromatic carbocycles. The third-order valence-electron chi connectivity index (χ3n) is 2.01. The molecule has 13 heavy (non-hydrogen) atoms. The molecule has 0 heterocycles. The number of hydrogen-bond donors (Lipinski definition) is 1. The summed E-state index contributed by atoms with van der Waals surface area (Å²) in [5, 5.41) is 10.2. The van der Waals surface area contributed by atoms with Crippen LogP contribution in [0.3, 0.4) is 0 Å². The van der Waals surface area contributed by atoms with Crippen LogP contribution in [0, 0.1) is 12.3 Å². The Hall–Kier alpha value is -0.130. The van der Waals surface area contributed by atoms with Gasteiger partial charge in [-0.3, -0.25) is 0 Å². The lowest BCUT2D eigenvalue weighted by atomic mass is 10.2. The van der Waals surface area contributed by atoms with Crippen LogP contribution in [-0.2, 0) is 0 Å². The van der Waals surface area contributed by atoms with Gasteiger partial charge in [0.1, 0.15) is 0 Å². The molecule has 0 radical (unpaired) electrons. The first-order valence-electron chi connectivity index (χ1n) is 4.93. The summed E-state index contributed by atoms with van der Waals surface area (Å²) in [7, 11) is 0. The van der Waals surface area contributed by atoms with Gasteiger partial charge in [-0.2, -0.15) is 11.8 Å². The van der Waals surface area contributed by atoms with E-state index in [1.54, 1.807) is 0 Å². The molecule has 0 aliphatic rings. The highest BCUT2D eigenvalue weighted by Crippen LogP contribution is 2.16. The molecular weight excluding hydrogens is 180 g/mol. The fraction of sp³-hybridized carbons (Fsp3) is 0.818. The molecule has 0 aromatic rings. The molecule has 2 atom stereocenters. The predicted octanol–water partition coefficient (Wildman–Crippen LogP) is 2.68. The Balaban J connectivity index is 3.30. The second-order valence-electron chi connectivity index (χ2n) is 3.30. The van der Waals surface area contributed by atoms with Gasteiger partial charge in [-0.05, 0) is 19.3 Å². The summed E-state index contributed by atoms with van der Waals surface area (Å²) < 4.78 is 0. The molecule has 0 aliphatic carbocycles. The second-order valence-corrected chi connectivity index (χ2v) is 4.77. The Labute approximate surface area is 86.3 Å². The fourth-order valence-electron chi connectivity index (χ4n) is 0.916. The van der Waals surface area contributed by atoms with E-state index in [-0.39, 0.29) is 6.10 Å². The molecule has 2 heteroatoms. The van der Waals surface area contributed by atoms with Gasteiger partial charge in [0.05, 0.1) is 6.10 Å². The summed E-state index contributed by atoms with van der Waals surface area (Å²) in [5.41, 5.74) is 0. The maximum Gasteiger partial charge on any atom is 0.0631 e. The van der Waals surface area contributed by atoms with E-state index in [0.717, 1.165) is 25.0 Å². The normalized spacial score (nSPS) is 14.9. The predicted molar refractivity (Wildman–Crippen MR) is 60.9 cm³/mol. The largest absolute Gasteiger partial charge is 0.392 e. The van der Waals surface area contributed by atoms with Crippen LogP contribution in [0.25, 0.3) is 0 Å². The number of rotatable bonds is 7. The number of thioether (sulfide) groups is 1. The maximum atomic E-state index is 9.53. The van der Waals surface area contributed by atoms with Crippen LogP contribution in [0.2, 0.25) is 0 Å². The third-order valence-corrected chi connectivity index (χ3v) is 3.49. The molecule has 76 valence electrons. The van der Waals surface area contributed by atoms with Gasteiger partial charge in [-0.15, -0.1) is 12.3 Å². The molecule has 2 unspecified atom stereocenters. The van der Waals surface area contributed by atoms with E-state index < -0.39 is 0 Å². The zero-order chi connectivity index (χ0) is 10.1. The van der Waals surface area contributed by atoms with Crippen molar-refractivity contribution >= 4 is 11.8 Å². The van der Waals surface area contributed by atoms with E-state index in [4.69, 9.17) is 6.42 Å². The molecule has 1 nitrogen and oxygen atoms in total. The molecule has 0 spiro atoms. The van der Waals surface area contributed by atoms with Gasteiger partial charge in [0, 0.05) is 17.4 Å². The number of terminal acetylenes is 1. The summed E-state index contributed by atoms with van der Waals surface area (Å²) in [5.74, 6) is 3.43. The highest BCUT2D eigenvalue weighted by Gasteiger charge is 2.06. The summed E-state index contributed by atoms with van der Waals surface area (Å²) in [6.45, 7) is 4.36. The van der Waals surface area contributed by atoms with Crippen molar-refractivity contribution in [1.29, 1.82) is 0 Å². The van der Waals surface area contributed by atoms with E-state index in [2.05, 4.69) is 19.8 Å². The Morgan fingerprint density at radius 2 is 2.23 bits per heavy atom. The highest BCUT2D eigenvalue weighted by atomic mass is 32.2. The van der Waals surface area contributed by atoms with Crippen LogP contribution in [-0.4, -0.2) is 22.2 Å². The Bertz CT molecular complexity index is 151. The van der Waals surface area contributed by atoms with Crippen molar-refractivity contribution in [3.05, 3.63) is 0 Å². The SMILES string of the molecule is C#CCCCC(O)CSC(C)CC. The number of aliphatic hydroxyl groups is 1. The summed E-state index contributed by atoms with van der Waals surface area (Å²) in [6.07, 6.45) is 8.68. The molecule has 0 rings (SSSR count). The maximum absolute atomic E-state index is 9.53. The van der Waals surface area contributed by atoms with E-state index >= 15 is 0 Å². The van der Waals surface area contributed by atoms with Crippen molar-refractivity contribution < 1.29 is 5.11 Å². The lowest BCUT2D eigenvalue weighted by Gasteiger charge is -2.12. The fourth-order valence-corrected chi connectivity index (χ4v) is 1.87. The van der Waals surface area contributed by atoms with E-state index in [0.29, 0.717) is 5.25 Å². The first-order chi connectivity index (χ1) is 6.20. The zero-order valence-electron chi connectivity index (χ0n) is 8.62. The zero-order valence-corrected chi connectivity index (χ0v) is 9.44. The molecule has 0 saturated heterocycles. The van der Waals surface area contributed by atoms with Crippen molar-refractivity contribution in [2.24, 2.45) is 0 Å². The van der Waals surface area contributed by atoms with Gasteiger partial charge in [0.2, 0.25) is 0 Å². The van der Waals surface area contributed by atoms with Crippen LogP contribution < -0.4 is 0 Å². The summed E-state index contributed by atoms with van der Waals surface area (Å²) in [6, 6.07) is 0. The van der Waals surface area contributed by atoms with E-state index in [1.807, 2.05) is 11.8 Å². The number of unbranched alkanes of at least 4 members (excludes halogenated alkanes) is 1. The minimum Gasteiger partial charge on any atom is -0.392 e. The van der Waals surface area contributed by atoms with Gasteiger partial charge >= 0.3 is 0 Å². The smallest absolute Gasteiger partial charge is 0.0631 e. The molecule has 1 N–H and O–H groups in total. The van der Waals surface area contributed by atoms with Gasteiger partial charge in [-0.25, -0.2) is 0 Å². The van der Waals surface area contributed by atoms with Gasteiger partial charge in [0.15, 0.2) is 0 Å². The first-order valence-corrected chi connectivity index (χ1v) is 5.98. The summed E-state index contributed by atoms with van der Waals surface area (Å²) in [4.78, 5) is 0. The lowest BCUT2D eigenvalue weighted by molar-refractivity contribution is 0.186. The van der Waals surface area contributed by atoms with Crippen LogP contribution in [0.15, 0.2) is 0 Å². The van der Waals surface area contributed by atoms with Gasteiger partial charge < -0.3 is 5.11 Å². The average molecular weight is 200 g/mol. The molecular formula is C11H20OS. The van der Waals surface area contributed by atoms with Crippen LogP contribution in [0.4, 0.5) is 0 Å². The summed E-state index contributed by atoms with van der Waals surface area (Å²) >= 11 is 1.84. The average Bonchev–Trinajstić information content (AvgIpc) is 2.14. The molecule has 0 aliphatic heterocycles. The van der Waals surface area contributed by atoms with Gasteiger partial charge in [-0.1, -0.05) is 13.8 Å². The third kappa shape index (κ3) is 8.21. The van der Waals surface area contributed by atoms with Crippen molar-refractivity contribution in [1.82, 2.24) is 0 Å². The minimum absolute atomic E-state index is 0.174. The second kappa shape index (κ2) is 8.47. The first kappa shape index (κ1) is 12.9. The van der Waals surface area contributed by atoms with Crippen LogP contribution in [0.1, 0.15) is 39.5 Å². The topological polar surface area (TPSA) is 20.2 Å². The number of aliphatic hydroxyl groups excluding tert-OH is 1. The van der Waals surface area contributed by atoms with Crippen molar-refractivity contribution in [2.45, 2.75) is 50.9 Å². The minimum atomic E-state index is -0.174. The Morgan fingerprint density at radius 1 is 1.54 bits per heavy atom. The van der Waals surface area contributed by atoms with Crippen molar-refractivity contribution in [3.63, 3.8) is 0 Å². The molecule has 0 amide bonds. The van der Waals surface area contributed by atoms with Crippen LogP contribution >= 0.6 is 11.8 Å². The quantitative estimate of drug-likeness (QED) is 0.503. The monoisotopic (exact) mass is 200 g/mol. The van der Waals surface area contributed by atoms with Crippen molar-refractivity contribution in [2.75, 3.05) is 5.75 Å². The van der Waals surface area contributed by atoms with E-state index in [1.165, 1.54) is 6.42 Å².